The molecule has 1 aliphatic rings. The Bertz CT molecular complexity index is 406. The highest BCUT2D eigenvalue weighted by atomic mass is 15.2. The van der Waals surface area contributed by atoms with Crippen molar-refractivity contribution >= 4 is 0 Å². The van der Waals surface area contributed by atoms with Gasteiger partial charge in [-0.15, -0.1) is 0 Å². The fourth-order valence-corrected chi connectivity index (χ4v) is 2.84. The number of aryl methyl sites for hydroxylation is 2. The van der Waals surface area contributed by atoms with Crippen LogP contribution in [0.5, 0.6) is 0 Å². The summed E-state index contributed by atoms with van der Waals surface area (Å²) in [5.74, 6) is 0. The summed E-state index contributed by atoms with van der Waals surface area (Å²) in [7, 11) is 0. The van der Waals surface area contributed by atoms with Crippen LogP contribution in [0.2, 0.25) is 0 Å². The topological polar surface area (TPSA) is 15.3 Å². The van der Waals surface area contributed by atoms with Crippen molar-refractivity contribution in [3.63, 3.8) is 0 Å². The van der Waals surface area contributed by atoms with Gasteiger partial charge in [0.05, 0.1) is 0 Å². The van der Waals surface area contributed by atoms with Crippen molar-refractivity contribution in [3.05, 3.63) is 34.9 Å². The molecule has 1 aliphatic heterocycles. The van der Waals surface area contributed by atoms with Crippen molar-refractivity contribution in [2.75, 3.05) is 13.1 Å². The molecule has 0 saturated carbocycles. The molecule has 106 valence electrons. The fourth-order valence-electron chi connectivity index (χ4n) is 2.84. The smallest absolute Gasteiger partial charge is 0.0239 e. The van der Waals surface area contributed by atoms with E-state index in [4.69, 9.17) is 0 Å². The summed E-state index contributed by atoms with van der Waals surface area (Å²) in [4.78, 5) is 2.60. The number of hydrogen-bond donors (Lipinski definition) is 1. The quantitative estimate of drug-likeness (QED) is 0.874. The first kappa shape index (κ1) is 14.5. The van der Waals surface area contributed by atoms with E-state index in [9.17, 15) is 0 Å². The summed E-state index contributed by atoms with van der Waals surface area (Å²) in [6.45, 7) is 12.5. The van der Waals surface area contributed by atoms with Gasteiger partial charge in [0.15, 0.2) is 0 Å². The minimum Gasteiger partial charge on any atom is -0.313 e. The Morgan fingerprint density at radius 3 is 2.74 bits per heavy atom. The molecule has 2 heteroatoms. The van der Waals surface area contributed by atoms with Crippen LogP contribution < -0.4 is 5.32 Å². The molecule has 1 saturated heterocycles. The Morgan fingerprint density at radius 1 is 1.32 bits per heavy atom. The average Bonchev–Trinajstić information content (AvgIpc) is 2.85. The molecule has 1 atom stereocenters. The number of hydrogen-bond acceptors (Lipinski definition) is 2. The summed E-state index contributed by atoms with van der Waals surface area (Å²) >= 11 is 0. The first-order chi connectivity index (χ1) is 9.06. The second-order valence-electron chi connectivity index (χ2n) is 6.25. The zero-order valence-electron chi connectivity index (χ0n) is 12.9. The Morgan fingerprint density at radius 2 is 2.11 bits per heavy atom. The molecular formula is C17H28N2. The molecule has 1 aromatic carbocycles. The molecule has 1 aromatic rings. The van der Waals surface area contributed by atoms with E-state index in [-0.39, 0.29) is 0 Å². The summed E-state index contributed by atoms with van der Waals surface area (Å²) in [5, 5.41) is 3.61. The molecule has 0 aliphatic carbocycles. The highest BCUT2D eigenvalue weighted by Gasteiger charge is 2.20. The van der Waals surface area contributed by atoms with Crippen LogP contribution in [0.4, 0.5) is 0 Å². The van der Waals surface area contributed by atoms with Gasteiger partial charge in [-0.2, -0.15) is 0 Å². The molecule has 0 aromatic heterocycles. The molecule has 1 N–H and O–H groups in total. The molecule has 1 fully saturated rings. The number of nitrogens with one attached hydrogen (secondary N) is 1. The van der Waals surface area contributed by atoms with Crippen LogP contribution in [-0.4, -0.2) is 30.1 Å². The molecule has 19 heavy (non-hydrogen) atoms. The van der Waals surface area contributed by atoms with E-state index in [2.05, 4.69) is 56.1 Å². The van der Waals surface area contributed by atoms with Crippen LogP contribution in [0, 0.1) is 13.8 Å². The maximum Gasteiger partial charge on any atom is 0.0239 e. The zero-order chi connectivity index (χ0) is 13.8. The molecule has 0 amide bonds. The minimum atomic E-state index is 0.599. The van der Waals surface area contributed by atoms with Crippen molar-refractivity contribution in [1.29, 1.82) is 0 Å². The Labute approximate surface area is 118 Å². The molecule has 0 radical (unpaired) electrons. The van der Waals surface area contributed by atoms with E-state index in [0.29, 0.717) is 12.1 Å². The summed E-state index contributed by atoms with van der Waals surface area (Å²) in [5.41, 5.74) is 4.26. The second-order valence-corrected chi connectivity index (χ2v) is 6.25. The minimum absolute atomic E-state index is 0.599. The zero-order valence-corrected chi connectivity index (χ0v) is 12.9. The van der Waals surface area contributed by atoms with Crippen LogP contribution in [0.15, 0.2) is 18.2 Å². The molecule has 2 nitrogen and oxygen atoms in total. The van der Waals surface area contributed by atoms with Crippen molar-refractivity contribution in [2.24, 2.45) is 0 Å². The Kier molecular flexibility index (Phi) is 5.00. The monoisotopic (exact) mass is 260 g/mol. The van der Waals surface area contributed by atoms with Gasteiger partial charge in [0.2, 0.25) is 0 Å². The van der Waals surface area contributed by atoms with Crippen molar-refractivity contribution < 1.29 is 0 Å². The highest BCUT2D eigenvalue weighted by molar-refractivity contribution is 5.30. The molecule has 1 heterocycles. The number of nitrogens with zero attached hydrogens (tertiary/aromatic N) is 1. The fraction of sp³-hybridized carbons (Fsp3) is 0.647. The lowest BCUT2D eigenvalue weighted by molar-refractivity contribution is 0.193. The maximum absolute atomic E-state index is 3.61. The van der Waals surface area contributed by atoms with Crippen molar-refractivity contribution in [1.82, 2.24) is 10.2 Å². The first-order valence-electron chi connectivity index (χ1n) is 7.60. The van der Waals surface area contributed by atoms with E-state index in [1.165, 1.54) is 42.6 Å². The van der Waals surface area contributed by atoms with Crippen molar-refractivity contribution in [3.8, 4) is 0 Å². The van der Waals surface area contributed by atoms with Gasteiger partial charge >= 0.3 is 0 Å². The Balaban J connectivity index is 2.04. The third kappa shape index (κ3) is 4.05. The first-order valence-corrected chi connectivity index (χ1v) is 7.60. The van der Waals surface area contributed by atoms with E-state index >= 15 is 0 Å². The van der Waals surface area contributed by atoms with Gasteiger partial charge in [0.25, 0.3) is 0 Å². The predicted octanol–water partition coefficient (Wildman–Crippen LogP) is 3.27. The van der Waals surface area contributed by atoms with Gasteiger partial charge in [-0.3, -0.25) is 4.90 Å². The van der Waals surface area contributed by atoms with Gasteiger partial charge < -0.3 is 5.32 Å². The van der Waals surface area contributed by atoms with Crippen LogP contribution in [0.1, 0.15) is 43.4 Å². The number of benzene rings is 1. The van der Waals surface area contributed by atoms with Crippen molar-refractivity contribution in [2.45, 2.75) is 59.2 Å². The van der Waals surface area contributed by atoms with Gasteiger partial charge in [-0.1, -0.05) is 23.8 Å². The van der Waals surface area contributed by atoms with E-state index < -0.39 is 0 Å². The summed E-state index contributed by atoms with van der Waals surface area (Å²) < 4.78 is 0. The Hall–Kier alpha value is -0.860. The molecule has 0 bridgehead atoms. The highest BCUT2D eigenvalue weighted by Crippen LogP contribution is 2.17. The van der Waals surface area contributed by atoms with E-state index in [1.807, 2.05) is 0 Å². The maximum atomic E-state index is 3.61. The predicted molar refractivity (Wildman–Crippen MR) is 82.5 cm³/mol. The lowest BCUT2D eigenvalue weighted by Gasteiger charge is -2.30. The van der Waals surface area contributed by atoms with E-state index in [0.717, 1.165) is 6.54 Å². The van der Waals surface area contributed by atoms with Crippen LogP contribution >= 0.6 is 0 Å². The summed E-state index contributed by atoms with van der Waals surface area (Å²) in [6, 6.07) is 8.08. The second kappa shape index (κ2) is 6.53. The van der Waals surface area contributed by atoms with Gasteiger partial charge in [-0.05, 0) is 58.2 Å². The molecule has 0 spiro atoms. The van der Waals surface area contributed by atoms with Gasteiger partial charge in [-0.25, -0.2) is 0 Å². The standard InChI is InChI=1S/C17H28N2/c1-13(2)19(12-17-6-5-9-18-17)11-16-10-14(3)7-8-15(16)4/h7-8,10,13,17-18H,5-6,9,11-12H2,1-4H3. The number of rotatable bonds is 5. The average molecular weight is 260 g/mol. The lowest BCUT2D eigenvalue weighted by atomic mass is 10.0. The molecule has 2 rings (SSSR count). The van der Waals surface area contributed by atoms with Crippen LogP contribution in [0.25, 0.3) is 0 Å². The van der Waals surface area contributed by atoms with Gasteiger partial charge in [0, 0.05) is 25.2 Å². The third-order valence-electron chi connectivity index (χ3n) is 4.23. The molecular weight excluding hydrogens is 232 g/mol. The molecule has 1 unspecified atom stereocenters. The lowest BCUT2D eigenvalue weighted by Crippen LogP contribution is -2.40. The van der Waals surface area contributed by atoms with Crippen LogP contribution in [-0.2, 0) is 6.54 Å². The van der Waals surface area contributed by atoms with E-state index in [1.54, 1.807) is 0 Å². The van der Waals surface area contributed by atoms with Crippen LogP contribution in [0.3, 0.4) is 0 Å². The largest absolute Gasteiger partial charge is 0.313 e. The third-order valence-corrected chi connectivity index (χ3v) is 4.23. The summed E-state index contributed by atoms with van der Waals surface area (Å²) in [6.07, 6.45) is 2.66. The van der Waals surface area contributed by atoms with Gasteiger partial charge in [0.1, 0.15) is 0 Å². The normalized spacial score (nSPS) is 19.6. The SMILES string of the molecule is Cc1ccc(C)c(CN(CC2CCCN2)C(C)C)c1.